The van der Waals surface area contributed by atoms with Gasteiger partial charge in [-0.05, 0) is 32.0 Å². The van der Waals surface area contributed by atoms with Gasteiger partial charge in [0.15, 0.2) is 0 Å². The molecule has 0 atom stereocenters. The van der Waals surface area contributed by atoms with E-state index in [4.69, 9.17) is 16.3 Å². The molecular weight excluding hydrogens is 396 g/mol. The molecule has 0 radical (unpaired) electrons. The van der Waals surface area contributed by atoms with Crippen LogP contribution in [0.4, 0.5) is 11.4 Å². The van der Waals surface area contributed by atoms with Crippen molar-refractivity contribution in [2.45, 2.75) is 18.7 Å². The van der Waals surface area contributed by atoms with Gasteiger partial charge < -0.3 is 4.74 Å². The van der Waals surface area contributed by atoms with Crippen molar-refractivity contribution >= 4 is 39.0 Å². The Morgan fingerprint density at radius 1 is 1.26 bits per heavy atom. The number of esters is 1. The van der Waals surface area contributed by atoms with E-state index in [1.165, 1.54) is 31.2 Å². The van der Waals surface area contributed by atoms with Crippen molar-refractivity contribution in [3.05, 3.63) is 63.2 Å². The number of nitrogens with zero attached hydrogens (tertiary/aromatic N) is 2. The number of sulfonamides is 1. The smallest absolute Gasteiger partial charge is 0.326 e. The van der Waals surface area contributed by atoms with E-state index in [2.05, 4.69) is 0 Å². The number of anilines is 1. The molecule has 0 N–H and O–H groups in total. The zero-order valence-corrected chi connectivity index (χ0v) is 16.2. The van der Waals surface area contributed by atoms with E-state index in [0.717, 1.165) is 10.4 Å². The highest BCUT2D eigenvalue weighted by Crippen LogP contribution is 2.32. The Balaban J connectivity index is 2.60. The van der Waals surface area contributed by atoms with Crippen LogP contribution in [0.25, 0.3) is 0 Å². The largest absolute Gasteiger partial charge is 0.465 e. The quantitative estimate of drug-likeness (QED) is 0.392. The molecule has 27 heavy (non-hydrogen) atoms. The van der Waals surface area contributed by atoms with E-state index in [9.17, 15) is 23.3 Å². The van der Waals surface area contributed by atoms with Crippen LogP contribution in [-0.2, 0) is 19.6 Å². The van der Waals surface area contributed by atoms with Crippen LogP contribution in [0.2, 0.25) is 5.02 Å². The normalized spacial score (nSPS) is 11.1. The zero-order valence-electron chi connectivity index (χ0n) is 14.6. The molecule has 0 saturated carbocycles. The Kier molecular flexibility index (Phi) is 6.40. The number of hydrogen-bond donors (Lipinski definition) is 0. The third-order valence-electron chi connectivity index (χ3n) is 3.66. The molecule has 0 bridgehead atoms. The van der Waals surface area contributed by atoms with E-state index in [1.54, 1.807) is 19.1 Å². The summed E-state index contributed by atoms with van der Waals surface area (Å²) in [6.45, 7) is 2.54. The first kappa shape index (κ1) is 20.7. The second-order valence-corrected chi connectivity index (χ2v) is 7.74. The Hall–Kier alpha value is -2.65. The lowest BCUT2D eigenvalue weighted by atomic mass is 10.2. The number of para-hydroxylation sites is 1. The van der Waals surface area contributed by atoms with Gasteiger partial charge in [-0.15, -0.1) is 0 Å². The minimum atomic E-state index is -4.32. The highest BCUT2D eigenvalue weighted by molar-refractivity contribution is 7.92. The lowest BCUT2D eigenvalue weighted by Gasteiger charge is -2.24. The van der Waals surface area contributed by atoms with Crippen LogP contribution in [0.3, 0.4) is 0 Å². The second-order valence-electron chi connectivity index (χ2n) is 5.47. The molecule has 0 heterocycles. The molecule has 0 unspecified atom stereocenters. The number of carbonyl (C=O) groups excluding carboxylic acids is 1. The first-order chi connectivity index (χ1) is 12.7. The Morgan fingerprint density at radius 2 is 1.93 bits per heavy atom. The van der Waals surface area contributed by atoms with Crippen LogP contribution in [0.5, 0.6) is 0 Å². The van der Waals surface area contributed by atoms with Crippen LogP contribution < -0.4 is 4.31 Å². The fraction of sp³-hybridized carbons (Fsp3) is 0.235. The summed E-state index contributed by atoms with van der Waals surface area (Å²) in [4.78, 5) is 22.1. The summed E-state index contributed by atoms with van der Waals surface area (Å²) in [5.74, 6) is -0.775. The van der Waals surface area contributed by atoms with Crippen LogP contribution >= 0.6 is 11.6 Å². The molecule has 2 aromatic carbocycles. The molecular formula is C17H17ClN2O6S. The van der Waals surface area contributed by atoms with Crippen molar-refractivity contribution in [1.82, 2.24) is 0 Å². The molecule has 0 aliphatic carbocycles. The summed E-state index contributed by atoms with van der Waals surface area (Å²) in [6, 6.07) is 9.61. The van der Waals surface area contributed by atoms with Crippen molar-refractivity contribution in [2.75, 3.05) is 17.5 Å². The van der Waals surface area contributed by atoms with Gasteiger partial charge in [0, 0.05) is 11.6 Å². The predicted molar refractivity (Wildman–Crippen MR) is 100 cm³/mol. The molecule has 0 aliphatic heterocycles. The number of nitro benzene ring substituents is 1. The van der Waals surface area contributed by atoms with Crippen LogP contribution in [-0.4, -0.2) is 32.5 Å². The molecule has 0 aliphatic rings. The number of nitro groups is 1. The third-order valence-corrected chi connectivity index (χ3v) is 5.74. The maximum absolute atomic E-state index is 13.1. The number of aryl methyl sites for hydroxylation is 1. The van der Waals surface area contributed by atoms with E-state index in [0.29, 0.717) is 5.56 Å². The summed E-state index contributed by atoms with van der Waals surface area (Å²) in [5.41, 5.74) is 0.0374. The molecule has 0 aromatic heterocycles. The Bertz CT molecular complexity index is 977. The monoisotopic (exact) mass is 412 g/mol. The van der Waals surface area contributed by atoms with E-state index in [-0.39, 0.29) is 27.9 Å². The maximum Gasteiger partial charge on any atom is 0.326 e. The molecule has 2 aromatic rings. The average molecular weight is 413 g/mol. The van der Waals surface area contributed by atoms with Gasteiger partial charge in [0.05, 0.1) is 27.1 Å². The number of halogens is 1. The fourth-order valence-corrected chi connectivity index (χ4v) is 4.09. The molecule has 0 fully saturated rings. The van der Waals surface area contributed by atoms with Gasteiger partial charge in [-0.25, -0.2) is 8.42 Å². The van der Waals surface area contributed by atoms with Gasteiger partial charge in [0.2, 0.25) is 0 Å². The van der Waals surface area contributed by atoms with Gasteiger partial charge in [0.1, 0.15) is 6.54 Å². The van der Waals surface area contributed by atoms with Crippen LogP contribution in [0, 0.1) is 17.0 Å². The van der Waals surface area contributed by atoms with Gasteiger partial charge in [-0.1, -0.05) is 29.8 Å². The van der Waals surface area contributed by atoms with Crippen molar-refractivity contribution in [2.24, 2.45) is 0 Å². The standard InChI is InChI=1S/C17H17ClN2O6S/c1-3-26-17(21)11-19(15-7-5-4-6-14(15)18)27(24,25)13-9-8-12(2)16(10-13)20(22)23/h4-10H,3,11H2,1-2H3. The summed E-state index contributed by atoms with van der Waals surface area (Å²) < 4.78 is 31.9. The molecule has 0 saturated heterocycles. The number of hydrogen-bond acceptors (Lipinski definition) is 6. The van der Waals surface area contributed by atoms with Crippen LogP contribution in [0.15, 0.2) is 47.4 Å². The average Bonchev–Trinajstić information content (AvgIpc) is 2.60. The lowest BCUT2D eigenvalue weighted by Crippen LogP contribution is -2.36. The molecule has 0 spiro atoms. The van der Waals surface area contributed by atoms with Gasteiger partial charge in [-0.3, -0.25) is 19.2 Å². The number of benzene rings is 2. The van der Waals surface area contributed by atoms with Crippen molar-refractivity contribution in [3.63, 3.8) is 0 Å². The third kappa shape index (κ3) is 4.55. The predicted octanol–water partition coefficient (Wildman–Crippen LogP) is 3.32. The number of ether oxygens (including phenoxy) is 1. The van der Waals surface area contributed by atoms with Crippen molar-refractivity contribution < 1.29 is 22.9 Å². The Labute approximate surface area is 161 Å². The summed E-state index contributed by atoms with van der Waals surface area (Å²) in [5, 5.41) is 11.3. The van der Waals surface area contributed by atoms with Gasteiger partial charge >= 0.3 is 5.97 Å². The molecule has 10 heteroatoms. The summed E-state index contributed by atoms with van der Waals surface area (Å²) >= 11 is 6.11. The Morgan fingerprint density at radius 3 is 2.52 bits per heavy atom. The summed E-state index contributed by atoms with van der Waals surface area (Å²) in [7, 11) is -4.32. The van der Waals surface area contributed by atoms with Crippen LogP contribution in [0.1, 0.15) is 12.5 Å². The van der Waals surface area contributed by atoms with Gasteiger partial charge in [-0.2, -0.15) is 0 Å². The number of rotatable bonds is 7. The highest BCUT2D eigenvalue weighted by Gasteiger charge is 2.30. The van der Waals surface area contributed by atoms with E-state index < -0.39 is 27.5 Å². The van der Waals surface area contributed by atoms with Gasteiger partial charge in [0.25, 0.3) is 15.7 Å². The minimum absolute atomic E-state index is 0.0652. The molecule has 8 nitrogen and oxygen atoms in total. The lowest BCUT2D eigenvalue weighted by molar-refractivity contribution is -0.385. The number of carbonyl (C=O) groups is 1. The van der Waals surface area contributed by atoms with Crippen molar-refractivity contribution in [1.29, 1.82) is 0 Å². The molecule has 144 valence electrons. The topological polar surface area (TPSA) is 107 Å². The van der Waals surface area contributed by atoms with E-state index in [1.807, 2.05) is 0 Å². The fourth-order valence-electron chi connectivity index (χ4n) is 2.35. The molecule has 2 rings (SSSR count). The first-order valence-corrected chi connectivity index (χ1v) is 9.68. The minimum Gasteiger partial charge on any atom is -0.465 e. The van der Waals surface area contributed by atoms with Crippen molar-refractivity contribution in [3.8, 4) is 0 Å². The highest BCUT2D eigenvalue weighted by atomic mass is 35.5. The maximum atomic E-state index is 13.1. The molecule has 0 amide bonds. The summed E-state index contributed by atoms with van der Waals surface area (Å²) in [6.07, 6.45) is 0. The van der Waals surface area contributed by atoms with E-state index >= 15 is 0 Å². The first-order valence-electron chi connectivity index (χ1n) is 7.86. The zero-order chi connectivity index (χ0) is 20.2. The SMILES string of the molecule is CCOC(=O)CN(c1ccccc1Cl)S(=O)(=O)c1ccc(C)c([N+](=O)[O-])c1. The second kappa shape index (κ2) is 8.36.